The highest BCUT2D eigenvalue weighted by molar-refractivity contribution is 5.98. The first-order chi connectivity index (χ1) is 16.0. The molecule has 1 heterocycles. The number of anilines is 2. The van der Waals surface area contributed by atoms with E-state index in [1.165, 1.54) is 0 Å². The summed E-state index contributed by atoms with van der Waals surface area (Å²) in [4.78, 5) is 37.9. The average Bonchev–Trinajstić information content (AvgIpc) is 2.79. The van der Waals surface area contributed by atoms with Crippen molar-refractivity contribution in [3.8, 4) is 5.75 Å². The minimum absolute atomic E-state index is 0.0237. The normalized spacial score (nSPS) is 12.5. The highest BCUT2D eigenvalue weighted by atomic mass is 16.5. The smallest absolute Gasteiger partial charge is 0.262 e. The van der Waals surface area contributed by atoms with Crippen LogP contribution in [0.1, 0.15) is 21.5 Å². The van der Waals surface area contributed by atoms with E-state index in [9.17, 15) is 14.4 Å². The quantitative estimate of drug-likeness (QED) is 0.494. The summed E-state index contributed by atoms with van der Waals surface area (Å²) in [6, 6.07) is 22.0. The zero-order valence-electron chi connectivity index (χ0n) is 17.9. The van der Waals surface area contributed by atoms with Gasteiger partial charge in [-0.1, -0.05) is 42.5 Å². The fourth-order valence-corrected chi connectivity index (χ4v) is 3.65. The van der Waals surface area contributed by atoms with Crippen LogP contribution < -0.4 is 21.1 Å². The van der Waals surface area contributed by atoms with Crippen molar-refractivity contribution in [2.45, 2.75) is 13.1 Å². The monoisotopic (exact) mass is 444 g/mol. The molecule has 8 heteroatoms. The molecule has 0 saturated carbocycles. The van der Waals surface area contributed by atoms with Crippen molar-refractivity contribution in [3.05, 3.63) is 89.5 Å². The van der Waals surface area contributed by atoms with Crippen LogP contribution in [-0.4, -0.2) is 35.8 Å². The molecule has 168 valence electrons. The van der Waals surface area contributed by atoms with Crippen molar-refractivity contribution in [3.63, 3.8) is 0 Å². The van der Waals surface area contributed by atoms with Gasteiger partial charge in [0.15, 0.2) is 6.61 Å². The summed E-state index contributed by atoms with van der Waals surface area (Å²) < 4.78 is 5.35. The molecule has 3 amide bonds. The lowest BCUT2D eigenvalue weighted by atomic mass is 10.1. The van der Waals surface area contributed by atoms with Crippen molar-refractivity contribution < 1.29 is 19.1 Å². The molecule has 0 spiro atoms. The molecule has 0 aliphatic carbocycles. The zero-order chi connectivity index (χ0) is 23.2. The van der Waals surface area contributed by atoms with E-state index in [-0.39, 0.29) is 25.0 Å². The van der Waals surface area contributed by atoms with Gasteiger partial charge < -0.3 is 21.1 Å². The first-order valence-electron chi connectivity index (χ1n) is 10.5. The third-order valence-corrected chi connectivity index (χ3v) is 5.13. The first kappa shape index (κ1) is 22.0. The van der Waals surface area contributed by atoms with Gasteiger partial charge in [0.1, 0.15) is 5.75 Å². The Hall–Kier alpha value is -4.17. The number of nitrogens with zero attached hydrogens (tertiary/aromatic N) is 1. The van der Waals surface area contributed by atoms with Crippen LogP contribution in [0.25, 0.3) is 0 Å². The zero-order valence-corrected chi connectivity index (χ0v) is 17.9. The Kier molecular flexibility index (Phi) is 6.66. The van der Waals surface area contributed by atoms with Crippen molar-refractivity contribution in [1.29, 1.82) is 0 Å². The van der Waals surface area contributed by atoms with Crippen molar-refractivity contribution >= 4 is 29.1 Å². The van der Waals surface area contributed by atoms with Gasteiger partial charge in [-0.2, -0.15) is 0 Å². The number of amides is 3. The van der Waals surface area contributed by atoms with Crippen molar-refractivity contribution in [2.24, 2.45) is 5.73 Å². The van der Waals surface area contributed by atoms with Gasteiger partial charge in [-0.05, 0) is 41.5 Å². The molecule has 0 radical (unpaired) electrons. The lowest BCUT2D eigenvalue weighted by Gasteiger charge is -2.23. The molecule has 33 heavy (non-hydrogen) atoms. The van der Waals surface area contributed by atoms with Crippen LogP contribution >= 0.6 is 0 Å². The van der Waals surface area contributed by atoms with Crippen molar-refractivity contribution in [2.75, 3.05) is 23.8 Å². The standard InChI is InChI=1S/C25H24N4O4/c26-25(32)19-8-4-7-18(11-19)14-29(13-17-5-2-1-3-6-17)15-23(30)27-20-9-10-22-21(12-20)28-24(31)16-33-22/h1-12H,13-16H2,(H2,26,32)(H,27,30)(H,28,31). The van der Waals surface area contributed by atoms with Gasteiger partial charge in [0.05, 0.1) is 12.2 Å². The summed E-state index contributed by atoms with van der Waals surface area (Å²) in [6.07, 6.45) is 0. The second-order valence-electron chi connectivity index (χ2n) is 7.79. The molecule has 4 N–H and O–H groups in total. The largest absolute Gasteiger partial charge is 0.482 e. The summed E-state index contributed by atoms with van der Waals surface area (Å²) in [5.41, 5.74) is 8.85. The lowest BCUT2D eigenvalue weighted by molar-refractivity contribution is -0.119. The number of ether oxygens (including phenoxy) is 1. The van der Waals surface area contributed by atoms with Crippen LogP contribution in [-0.2, 0) is 22.7 Å². The summed E-state index contributed by atoms with van der Waals surface area (Å²) >= 11 is 0. The second-order valence-corrected chi connectivity index (χ2v) is 7.79. The number of hydrogen-bond donors (Lipinski definition) is 3. The molecule has 3 aromatic carbocycles. The van der Waals surface area contributed by atoms with Gasteiger partial charge in [-0.15, -0.1) is 0 Å². The number of carbonyl (C=O) groups is 3. The summed E-state index contributed by atoms with van der Waals surface area (Å²) in [6.45, 7) is 1.10. The Labute approximate surface area is 191 Å². The van der Waals surface area contributed by atoms with Gasteiger partial charge >= 0.3 is 0 Å². The van der Waals surface area contributed by atoms with Crippen LogP contribution in [0.3, 0.4) is 0 Å². The van der Waals surface area contributed by atoms with Crippen LogP contribution in [0.4, 0.5) is 11.4 Å². The predicted molar refractivity (Wildman–Crippen MR) is 125 cm³/mol. The number of benzene rings is 3. The molecule has 0 atom stereocenters. The summed E-state index contributed by atoms with van der Waals surface area (Å²) in [5.74, 6) is -0.376. The minimum atomic E-state index is -0.493. The number of carbonyl (C=O) groups excluding carboxylic acids is 3. The fraction of sp³-hybridized carbons (Fsp3) is 0.160. The van der Waals surface area contributed by atoms with E-state index in [4.69, 9.17) is 10.5 Å². The molecule has 0 aromatic heterocycles. The van der Waals surface area contributed by atoms with E-state index in [1.807, 2.05) is 41.3 Å². The molecule has 1 aliphatic rings. The van der Waals surface area contributed by atoms with E-state index >= 15 is 0 Å². The SMILES string of the molecule is NC(=O)c1cccc(CN(CC(=O)Nc2ccc3c(c2)NC(=O)CO3)Cc2ccccc2)c1. The highest BCUT2D eigenvalue weighted by Crippen LogP contribution is 2.30. The Morgan fingerprint density at radius 1 is 0.970 bits per heavy atom. The number of nitrogens with one attached hydrogen (secondary N) is 2. The van der Waals surface area contributed by atoms with E-state index in [0.717, 1.165) is 11.1 Å². The number of hydrogen-bond acceptors (Lipinski definition) is 5. The molecule has 3 aromatic rings. The predicted octanol–water partition coefficient (Wildman–Crippen LogP) is 2.76. The number of nitrogens with two attached hydrogens (primary N) is 1. The summed E-state index contributed by atoms with van der Waals surface area (Å²) in [5, 5.41) is 5.61. The van der Waals surface area contributed by atoms with Gasteiger partial charge in [0, 0.05) is 24.3 Å². The minimum Gasteiger partial charge on any atom is -0.482 e. The second kappa shape index (κ2) is 9.97. The molecular formula is C25H24N4O4. The van der Waals surface area contributed by atoms with Crippen LogP contribution in [0.15, 0.2) is 72.8 Å². The number of rotatable bonds is 8. The van der Waals surface area contributed by atoms with Gasteiger partial charge in [0.2, 0.25) is 11.8 Å². The van der Waals surface area contributed by atoms with E-state index in [0.29, 0.717) is 35.8 Å². The molecular weight excluding hydrogens is 420 g/mol. The molecule has 1 aliphatic heterocycles. The van der Waals surface area contributed by atoms with Crippen molar-refractivity contribution in [1.82, 2.24) is 4.90 Å². The van der Waals surface area contributed by atoms with Gasteiger partial charge in [0.25, 0.3) is 5.91 Å². The van der Waals surface area contributed by atoms with E-state index in [2.05, 4.69) is 10.6 Å². The molecule has 0 fully saturated rings. The number of primary amides is 1. The Balaban J connectivity index is 1.48. The highest BCUT2D eigenvalue weighted by Gasteiger charge is 2.18. The first-order valence-corrected chi connectivity index (χ1v) is 10.5. The topological polar surface area (TPSA) is 114 Å². The van der Waals surface area contributed by atoms with E-state index in [1.54, 1.807) is 36.4 Å². The maximum atomic E-state index is 12.9. The summed E-state index contributed by atoms with van der Waals surface area (Å²) in [7, 11) is 0. The Morgan fingerprint density at radius 3 is 2.52 bits per heavy atom. The molecule has 0 unspecified atom stereocenters. The third-order valence-electron chi connectivity index (χ3n) is 5.13. The maximum Gasteiger partial charge on any atom is 0.262 e. The molecule has 0 saturated heterocycles. The Morgan fingerprint density at radius 2 is 1.73 bits per heavy atom. The average molecular weight is 444 g/mol. The van der Waals surface area contributed by atoms with Crippen LogP contribution in [0, 0.1) is 0 Å². The molecule has 0 bridgehead atoms. The fourth-order valence-electron chi connectivity index (χ4n) is 3.65. The Bertz CT molecular complexity index is 1180. The molecule has 4 rings (SSSR count). The van der Waals surface area contributed by atoms with E-state index < -0.39 is 5.91 Å². The van der Waals surface area contributed by atoms with Gasteiger partial charge in [-0.25, -0.2) is 0 Å². The van der Waals surface area contributed by atoms with Crippen LogP contribution in [0.5, 0.6) is 5.75 Å². The molecule has 8 nitrogen and oxygen atoms in total. The maximum absolute atomic E-state index is 12.9. The third kappa shape index (κ3) is 5.96. The number of fused-ring (bicyclic) bond motifs is 1. The lowest BCUT2D eigenvalue weighted by Crippen LogP contribution is -2.32. The van der Waals surface area contributed by atoms with Gasteiger partial charge in [-0.3, -0.25) is 19.3 Å². The van der Waals surface area contributed by atoms with Crippen LogP contribution in [0.2, 0.25) is 0 Å².